The second-order valence-electron chi connectivity index (χ2n) is 23.5. The lowest BCUT2D eigenvalue weighted by Crippen LogP contribution is -2.30. The van der Waals surface area contributed by atoms with Gasteiger partial charge in [0.2, 0.25) is 0 Å². The number of rotatable bonds is 66. The van der Waals surface area contributed by atoms with Crippen molar-refractivity contribution < 1.29 is 80.2 Å². The molecule has 5 atom stereocenters. The van der Waals surface area contributed by atoms with E-state index in [1.807, 2.05) is 0 Å². The molecule has 0 rings (SSSR count). The molecule has 0 aromatic rings. The molecule has 0 amide bonds. The lowest BCUT2D eigenvalue weighted by atomic mass is 10.0. The Hall–Kier alpha value is -1.94. The second kappa shape index (κ2) is 60.0. The molecule has 0 aromatic heterocycles. The standard InChI is InChI=1S/C65H126O17P2/c1-5-9-13-17-21-25-26-27-28-29-30-31-32-33-36-40-44-48-52-65(70)82-61(56-76-63(68)50-46-42-38-34-22-18-14-10-6-2)58-80-84(73,74)78-54-59(66)53-77-83(71,72)79-57-60(55-75-62(67)49-45-41-37-24-20-16-12-8-4)81-64(69)51-47-43-39-35-23-19-15-11-7-3/h59-61,66H,5-58H2,1-4H3,(H,71,72)(H,73,74)/t59-,60+,61+/m0/s1. The van der Waals surface area contributed by atoms with E-state index in [0.717, 1.165) is 96.3 Å². The summed E-state index contributed by atoms with van der Waals surface area (Å²) in [4.78, 5) is 72.1. The molecule has 19 heteroatoms. The number of aliphatic hydroxyl groups excluding tert-OH is 1. The van der Waals surface area contributed by atoms with E-state index in [9.17, 15) is 43.2 Å². The summed E-state index contributed by atoms with van der Waals surface area (Å²) < 4.78 is 67.9. The maximum Gasteiger partial charge on any atom is 0.472 e. The van der Waals surface area contributed by atoms with E-state index in [-0.39, 0.29) is 25.7 Å². The number of carbonyl (C=O) groups is 4. The van der Waals surface area contributed by atoms with Crippen LogP contribution in [0.2, 0.25) is 0 Å². The summed E-state index contributed by atoms with van der Waals surface area (Å²) in [6.45, 7) is 4.85. The molecule has 0 aliphatic rings. The van der Waals surface area contributed by atoms with Gasteiger partial charge < -0.3 is 33.8 Å². The predicted octanol–water partition coefficient (Wildman–Crippen LogP) is 18.3. The average molecular weight is 1240 g/mol. The number of phosphoric ester groups is 2. The van der Waals surface area contributed by atoms with Crippen LogP contribution >= 0.6 is 15.6 Å². The zero-order chi connectivity index (χ0) is 61.9. The van der Waals surface area contributed by atoms with Crippen molar-refractivity contribution in [2.75, 3.05) is 39.6 Å². The highest BCUT2D eigenvalue weighted by molar-refractivity contribution is 7.47. The molecule has 0 saturated heterocycles. The van der Waals surface area contributed by atoms with Crippen LogP contribution in [0.3, 0.4) is 0 Å². The number of carbonyl (C=O) groups excluding carboxylic acids is 4. The third-order valence-electron chi connectivity index (χ3n) is 15.1. The van der Waals surface area contributed by atoms with Crippen molar-refractivity contribution in [2.45, 2.75) is 354 Å². The largest absolute Gasteiger partial charge is 0.472 e. The molecule has 0 saturated carbocycles. The van der Waals surface area contributed by atoms with Gasteiger partial charge in [-0.15, -0.1) is 0 Å². The summed E-state index contributed by atoms with van der Waals surface area (Å²) >= 11 is 0. The Balaban J connectivity index is 5.14. The maximum absolute atomic E-state index is 13.0. The summed E-state index contributed by atoms with van der Waals surface area (Å²) in [5, 5.41) is 10.5. The van der Waals surface area contributed by atoms with Crippen LogP contribution < -0.4 is 0 Å². The van der Waals surface area contributed by atoms with Crippen molar-refractivity contribution in [1.82, 2.24) is 0 Å². The first-order valence-corrected chi connectivity index (χ1v) is 37.3. The summed E-state index contributed by atoms with van der Waals surface area (Å²) in [6.07, 6.45) is 45.9. The molecular formula is C65H126O17P2. The van der Waals surface area contributed by atoms with Gasteiger partial charge in [0.05, 0.1) is 26.4 Å². The molecule has 0 bridgehead atoms. The maximum atomic E-state index is 13.0. The Morgan fingerprint density at radius 3 is 0.702 bits per heavy atom. The van der Waals surface area contributed by atoms with Crippen LogP contribution in [0, 0.1) is 0 Å². The van der Waals surface area contributed by atoms with Gasteiger partial charge in [-0.1, -0.05) is 285 Å². The predicted molar refractivity (Wildman–Crippen MR) is 335 cm³/mol. The van der Waals surface area contributed by atoms with Crippen LogP contribution in [0.1, 0.15) is 336 Å². The van der Waals surface area contributed by atoms with Gasteiger partial charge >= 0.3 is 39.5 Å². The Labute approximate surface area is 511 Å². The van der Waals surface area contributed by atoms with Gasteiger partial charge in [-0.2, -0.15) is 0 Å². The molecule has 0 aromatic carbocycles. The number of hydrogen-bond acceptors (Lipinski definition) is 15. The highest BCUT2D eigenvalue weighted by atomic mass is 31.2. The van der Waals surface area contributed by atoms with Crippen LogP contribution in [0.25, 0.3) is 0 Å². The molecule has 498 valence electrons. The molecule has 0 aliphatic carbocycles. The molecule has 0 radical (unpaired) electrons. The number of aliphatic hydroxyl groups is 1. The van der Waals surface area contributed by atoms with Crippen LogP contribution in [0.4, 0.5) is 0 Å². The molecule has 0 heterocycles. The fourth-order valence-corrected chi connectivity index (χ4v) is 11.4. The monoisotopic (exact) mass is 1240 g/mol. The minimum Gasteiger partial charge on any atom is -0.462 e. The van der Waals surface area contributed by atoms with Gasteiger partial charge in [0.1, 0.15) is 19.3 Å². The molecule has 0 aliphatic heterocycles. The van der Waals surface area contributed by atoms with Crippen LogP contribution in [0.15, 0.2) is 0 Å². The van der Waals surface area contributed by atoms with Gasteiger partial charge in [0.25, 0.3) is 0 Å². The van der Waals surface area contributed by atoms with Crippen molar-refractivity contribution in [3.8, 4) is 0 Å². The Kier molecular flexibility index (Phi) is 58.6. The van der Waals surface area contributed by atoms with E-state index < -0.39 is 97.5 Å². The van der Waals surface area contributed by atoms with Crippen LogP contribution in [0.5, 0.6) is 0 Å². The van der Waals surface area contributed by atoms with E-state index in [4.69, 9.17) is 37.0 Å². The first kappa shape index (κ1) is 82.1. The molecule has 0 spiro atoms. The molecular weight excluding hydrogens is 1110 g/mol. The zero-order valence-electron chi connectivity index (χ0n) is 53.9. The van der Waals surface area contributed by atoms with Crippen molar-refractivity contribution >= 4 is 39.5 Å². The van der Waals surface area contributed by atoms with E-state index in [0.29, 0.717) is 25.7 Å². The summed E-state index contributed by atoms with van der Waals surface area (Å²) in [7, 11) is -9.88. The number of phosphoric acid groups is 2. The van der Waals surface area contributed by atoms with Gasteiger partial charge in [0, 0.05) is 25.7 Å². The molecule has 17 nitrogen and oxygen atoms in total. The first-order chi connectivity index (χ1) is 40.7. The average Bonchev–Trinajstić information content (AvgIpc) is 3.54. The lowest BCUT2D eigenvalue weighted by molar-refractivity contribution is -0.161. The van der Waals surface area contributed by atoms with Crippen molar-refractivity contribution in [1.29, 1.82) is 0 Å². The zero-order valence-corrected chi connectivity index (χ0v) is 55.7. The van der Waals surface area contributed by atoms with Gasteiger partial charge in [0.15, 0.2) is 12.2 Å². The van der Waals surface area contributed by atoms with Crippen molar-refractivity contribution in [3.63, 3.8) is 0 Å². The smallest absolute Gasteiger partial charge is 0.462 e. The first-order valence-electron chi connectivity index (χ1n) is 34.3. The fraction of sp³-hybridized carbons (Fsp3) is 0.938. The third-order valence-corrected chi connectivity index (χ3v) is 17.0. The third kappa shape index (κ3) is 59.0. The number of esters is 4. The summed E-state index contributed by atoms with van der Waals surface area (Å²) in [6, 6.07) is 0. The van der Waals surface area contributed by atoms with Crippen LogP contribution in [-0.4, -0.2) is 96.7 Å². The van der Waals surface area contributed by atoms with E-state index in [2.05, 4.69) is 27.7 Å². The fourth-order valence-electron chi connectivity index (χ4n) is 9.81. The van der Waals surface area contributed by atoms with Gasteiger partial charge in [-0.25, -0.2) is 9.13 Å². The second-order valence-corrected chi connectivity index (χ2v) is 26.4. The van der Waals surface area contributed by atoms with Crippen molar-refractivity contribution in [3.05, 3.63) is 0 Å². The molecule has 3 N–H and O–H groups in total. The van der Waals surface area contributed by atoms with E-state index in [1.165, 1.54) is 161 Å². The molecule has 0 fully saturated rings. The number of unbranched alkanes of at least 4 members (excludes halogenated alkanes) is 40. The van der Waals surface area contributed by atoms with E-state index >= 15 is 0 Å². The highest BCUT2D eigenvalue weighted by Crippen LogP contribution is 2.45. The van der Waals surface area contributed by atoms with Gasteiger partial charge in [-0.05, 0) is 25.7 Å². The Morgan fingerprint density at radius 2 is 0.476 bits per heavy atom. The normalized spacial score (nSPS) is 14.1. The quantitative estimate of drug-likeness (QED) is 0.0222. The Bertz CT molecular complexity index is 1620. The number of ether oxygens (including phenoxy) is 4. The Morgan fingerprint density at radius 1 is 0.286 bits per heavy atom. The topological polar surface area (TPSA) is 237 Å². The highest BCUT2D eigenvalue weighted by Gasteiger charge is 2.30. The lowest BCUT2D eigenvalue weighted by Gasteiger charge is -2.21. The van der Waals surface area contributed by atoms with E-state index in [1.54, 1.807) is 0 Å². The minimum absolute atomic E-state index is 0.106. The summed E-state index contributed by atoms with van der Waals surface area (Å²) in [5.41, 5.74) is 0. The van der Waals surface area contributed by atoms with Gasteiger partial charge in [-0.3, -0.25) is 37.3 Å². The molecule has 84 heavy (non-hydrogen) atoms. The summed E-state index contributed by atoms with van der Waals surface area (Å²) in [5.74, 6) is -2.13. The van der Waals surface area contributed by atoms with Crippen molar-refractivity contribution in [2.24, 2.45) is 0 Å². The number of hydrogen-bond donors (Lipinski definition) is 3. The minimum atomic E-state index is -4.94. The SMILES string of the molecule is CCCCCCCCCCCCCCCCCCCCC(=O)O[C@H](COC(=O)CCCCCCCCCCC)COP(=O)(O)OC[C@@H](O)COP(=O)(O)OC[C@@H](COC(=O)CCCCCCCCCC)OC(=O)CCCCCCCCCCC. The van der Waals surface area contributed by atoms with Crippen LogP contribution in [-0.2, 0) is 65.4 Å². The molecule has 2 unspecified atom stereocenters.